The highest BCUT2D eigenvalue weighted by Crippen LogP contribution is 2.30. The molecule has 0 bridgehead atoms. The lowest BCUT2D eigenvalue weighted by atomic mass is 10.2. The van der Waals surface area contributed by atoms with Gasteiger partial charge >= 0.3 is 0 Å². The Labute approximate surface area is 79.7 Å². The smallest absolute Gasteiger partial charge is 0.219 e. The summed E-state index contributed by atoms with van der Waals surface area (Å²) in [6.07, 6.45) is 3.90. The number of hydrogen-bond donors (Lipinski definition) is 0. The monoisotopic (exact) mass is 182 g/mol. The van der Waals surface area contributed by atoms with Crippen LogP contribution >= 0.6 is 0 Å². The van der Waals surface area contributed by atoms with Crippen molar-refractivity contribution in [3.05, 3.63) is 0 Å². The molecule has 1 unspecified atom stereocenters. The van der Waals surface area contributed by atoms with Gasteiger partial charge in [-0.1, -0.05) is 0 Å². The van der Waals surface area contributed by atoms with Crippen LogP contribution in [0, 0.1) is 0 Å². The first kappa shape index (κ1) is 9.00. The summed E-state index contributed by atoms with van der Waals surface area (Å²) < 4.78 is 0. The summed E-state index contributed by atoms with van der Waals surface area (Å²) in [6, 6.07) is 1.32. The quantitative estimate of drug-likeness (QED) is 0.627. The number of amides is 1. The Morgan fingerprint density at radius 1 is 1.38 bits per heavy atom. The third-order valence-corrected chi connectivity index (χ3v) is 3.30. The summed E-state index contributed by atoms with van der Waals surface area (Å²) in [5, 5.41) is 0. The summed E-state index contributed by atoms with van der Waals surface area (Å²) >= 11 is 0. The Kier molecular flexibility index (Phi) is 2.28. The Morgan fingerprint density at radius 2 is 2.08 bits per heavy atom. The molecule has 0 aromatic rings. The fourth-order valence-electron chi connectivity index (χ4n) is 2.11. The van der Waals surface area contributed by atoms with Crippen LogP contribution in [-0.4, -0.2) is 47.9 Å². The SMILES string of the molecule is CC(=O)N(C)C1CCN(C2CC2)C1. The minimum absolute atomic E-state index is 0.197. The lowest BCUT2D eigenvalue weighted by Crippen LogP contribution is -2.37. The predicted molar refractivity (Wildman–Crippen MR) is 51.4 cm³/mol. The van der Waals surface area contributed by atoms with Gasteiger partial charge in [0.1, 0.15) is 0 Å². The summed E-state index contributed by atoms with van der Waals surface area (Å²) in [5.74, 6) is 0.197. The van der Waals surface area contributed by atoms with Crippen LogP contribution in [0.2, 0.25) is 0 Å². The molecule has 13 heavy (non-hydrogen) atoms. The van der Waals surface area contributed by atoms with E-state index >= 15 is 0 Å². The van der Waals surface area contributed by atoms with Gasteiger partial charge in [0.15, 0.2) is 0 Å². The van der Waals surface area contributed by atoms with Crippen LogP contribution in [0.25, 0.3) is 0 Å². The van der Waals surface area contributed by atoms with Crippen molar-refractivity contribution in [1.82, 2.24) is 9.80 Å². The number of carbonyl (C=O) groups is 1. The molecule has 0 radical (unpaired) electrons. The molecule has 74 valence electrons. The second-order valence-corrected chi connectivity index (χ2v) is 4.30. The van der Waals surface area contributed by atoms with Gasteiger partial charge in [0, 0.05) is 39.1 Å². The zero-order chi connectivity index (χ0) is 9.42. The van der Waals surface area contributed by atoms with Gasteiger partial charge in [0.05, 0.1) is 0 Å². The predicted octanol–water partition coefficient (Wildman–Crippen LogP) is 0.701. The zero-order valence-corrected chi connectivity index (χ0v) is 8.49. The summed E-state index contributed by atoms with van der Waals surface area (Å²) in [7, 11) is 1.92. The maximum absolute atomic E-state index is 11.1. The van der Waals surface area contributed by atoms with Crippen molar-refractivity contribution in [3.8, 4) is 0 Å². The standard InChI is InChI=1S/C10H18N2O/c1-8(13)11(2)10-5-6-12(7-10)9-3-4-9/h9-10H,3-7H2,1-2H3. The van der Waals surface area contributed by atoms with E-state index in [0.29, 0.717) is 6.04 Å². The molecule has 1 heterocycles. The van der Waals surface area contributed by atoms with E-state index in [1.54, 1.807) is 6.92 Å². The van der Waals surface area contributed by atoms with Crippen molar-refractivity contribution in [2.75, 3.05) is 20.1 Å². The van der Waals surface area contributed by atoms with Crippen molar-refractivity contribution in [2.45, 2.75) is 38.3 Å². The highest BCUT2D eigenvalue weighted by Gasteiger charge is 2.35. The molecule has 1 saturated heterocycles. The lowest BCUT2D eigenvalue weighted by molar-refractivity contribution is -0.129. The van der Waals surface area contributed by atoms with Crippen LogP contribution in [0.1, 0.15) is 26.2 Å². The van der Waals surface area contributed by atoms with E-state index < -0.39 is 0 Å². The molecule has 0 N–H and O–H groups in total. The second kappa shape index (κ2) is 3.29. The average molecular weight is 182 g/mol. The number of hydrogen-bond acceptors (Lipinski definition) is 2. The Bertz CT molecular complexity index is 213. The molecular weight excluding hydrogens is 164 g/mol. The first-order valence-electron chi connectivity index (χ1n) is 5.16. The summed E-state index contributed by atoms with van der Waals surface area (Å²) in [4.78, 5) is 15.6. The molecular formula is C10H18N2O. The maximum atomic E-state index is 11.1. The Hall–Kier alpha value is -0.570. The second-order valence-electron chi connectivity index (χ2n) is 4.30. The molecule has 2 aliphatic rings. The fourth-order valence-corrected chi connectivity index (χ4v) is 2.11. The number of likely N-dealkylation sites (N-methyl/N-ethyl adjacent to an activating group) is 1. The lowest BCUT2D eigenvalue weighted by Gasteiger charge is -2.23. The minimum Gasteiger partial charge on any atom is -0.342 e. The van der Waals surface area contributed by atoms with Crippen LogP contribution in [0.3, 0.4) is 0 Å². The molecule has 1 saturated carbocycles. The molecule has 1 aliphatic heterocycles. The van der Waals surface area contributed by atoms with Crippen LogP contribution in [0.4, 0.5) is 0 Å². The van der Waals surface area contributed by atoms with Gasteiger partial charge < -0.3 is 4.90 Å². The van der Waals surface area contributed by atoms with E-state index in [-0.39, 0.29) is 5.91 Å². The molecule has 0 aromatic heterocycles. The minimum atomic E-state index is 0.197. The summed E-state index contributed by atoms with van der Waals surface area (Å²) in [6.45, 7) is 3.94. The van der Waals surface area contributed by atoms with Crippen LogP contribution in [0.5, 0.6) is 0 Å². The van der Waals surface area contributed by atoms with Crippen molar-refractivity contribution < 1.29 is 4.79 Å². The number of nitrogens with zero attached hydrogens (tertiary/aromatic N) is 2. The fraction of sp³-hybridized carbons (Fsp3) is 0.900. The maximum Gasteiger partial charge on any atom is 0.219 e. The molecule has 0 aromatic carbocycles. The van der Waals surface area contributed by atoms with Crippen LogP contribution in [-0.2, 0) is 4.79 Å². The van der Waals surface area contributed by atoms with Gasteiger partial charge in [-0.25, -0.2) is 0 Å². The van der Waals surface area contributed by atoms with Gasteiger partial charge in [0.2, 0.25) is 5.91 Å². The molecule has 1 atom stereocenters. The van der Waals surface area contributed by atoms with E-state index in [9.17, 15) is 4.79 Å². The number of carbonyl (C=O) groups excluding carboxylic acids is 1. The van der Waals surface area contributed by atoms with Gasteiger partial charge in [0.25, 0.3) is 0 Å². The van der Waals surface area contributed by atoms with Gasteiger partial charge in [-0.3, -0.25) is 9.69 Å². The topological polar surface area (TPSA) is 23.6 Å². The third kappa shape index (κ3) is 1.85. The van der Waals surface area contributed by atoms with Crippen molar-refractivity contribution in [1.29, 1.82) is 0 Å². The van der Waals surface area contributed by atoms with Gasteiger partial charge in [-0.05, 0) is 19.3 Å². The third-order valence-electron chi connectivity index (χ3n) is 3.30. The molecule has 2 rings (SSSR count). The Morgan fingerprint density at radius 3 is 2.62 bits per heavy atom. The van der Waals surface area contributed by atoms with Crippen LogP contribution < -0.4 is 0 Å². The Balaban J connectivity index is 1.86. The highest BCUT2D eigenvalue weighted by atomic mass is 16.2. The molecule has 2 fully saturated rings. The van der Waals surface area contributed by atoms with E-state index in [2.05, 4.69) is 4.90 Å². The largest absolute Gasteiger partial charge is 0.342 e. The van der Waals surface area contributed by atoms with E-state index in [1.807, 2.05) is 11.9 Å². The molecule has 3 nitrogen and oxygen atoms in total. The average Bonchev–Trinajstić information content (AvgIpc) is 2.83. The molecule has 0 spiro atoms. The summed E-state index contributed by atoms with van der Waals surface area (Å²) in [5.41, 5.74) is 0. The van der Waals surface area contributed by atoms with Crippen molar-refractivity contribution >= 4 is 5.91 Å². The van der Waals surface area contributed by atoms with E-state index in [0.717, 1.165) is 19.0 Å². The van der Waals surface area contributed by atoms with E-state index in [4.69, 9.17) is 0 Å². The molecule has 1 aliphatic carbocycles. The van der Waals surface area contributed by atoms with Gasteiger partial charge in [-0.2, -0.15) is 0 Å². The first-order chi connectivity index (χ1) is 6.18. The van der Waals surface area contributed by atoms with Crippen LogP contribution in [0.15, 0.2) is 0 Å². The van der Waals surface area contributed by atoms with E-state index in [1.165, 1.54) is 19.4 Å². The van der Waals surface area contributed by atoms with Gasteiger partial charge in [-0.15, -0.1) is 0 Å². The molecule has 3 heteroatoms. The zero-order valence-electron chi connectivity index (χ0n) is 8.49. The first-order valence-corrected chi connectivity index (χ1v) is 5.16. The number of likely N-dealkylation sites (tertiary alicyclic amines) is 1. The van der Waals surface area contributed by atoms with Crippen molar-refractivity contribution in [3.63, 3.8) is 0 Å². The molecule has 1 amide bonds. The highest BCUT2D eigenvalue weighted by molar-refractivity contribution is 5.73. The number of rotatable bonds is 2. The van der Waals surface area contributed by atoms with Crippen molar-refractivity contribution in [2.24, 2.45) is 0 Å². The normalized spacial score (nSPS) is 29.2.